The Labute approximate surface area is 257 Å². The van der Waals surface area contributed by atoms with Crippen LogP contribution in [0.4, 0.5) is 23.0 Å². The average molecular weight is 603 g/mol. The lowest BCUT2D eigenvalue weighted by atomic mass is 9.96. The molecule has 0 bridgehead atoms. The Hall–Kier alpha value is -3.89. The van der Waals surface area contributed by atoms with Gasteiger partial charge in [0.1, 0.15) is 5.82 Å². The summed E-state index contributed by atoms with van der Waals surface area (Å²) in [6.45, 7) is 6.84. The van der Waals surface area contributed by atoms with Crippen LogP contribution in [0.15, 0.2) is 48.7 Å². The number of carbonyl (C=O) groups is 2. The maximum Gasteiger partial charge on any atom is 0.271 e. The summed E-state index contributed by atoms with van der Waals surface area (Å²) >= 11 is 6.51. The van der Waals surface area contributed by atoms with Crippen molar-refractivity contribution in [1.29, 1.82) is 0 Å². The summed E-state index contributed by atoms with van der Waals surface area (Å²) < 4.78 is 0. The Morgan fingerprint density at radius 2 is 1.74 bits per heavy atom. The zero-order valence-electron chi connectivity index (χ0n) is 24.7. The van der Waals surface area contributed by atoms with E-state index in [1.807, 2.05) is 30.3 Å². The number of anilines is 4. The molecule has 0 radical (unpaired) electrons. The zero-order chi connectivity index (χ0) is 30.1. The van der Waals surface area contributed by atoms with Crippen molar-refractivity contribution in [1.82, 2.24) is 20.2 Å². The Bertz CT molecular complexity index is 1490. The normalized spacial score (nSPS) is 21.0. The van der Waals surface area contributed by atoms with Gasteiger partial charge in [0.05, 0.1) is 16.8 Å². The predicted octanol–water partition coefficient (Wildman–Crippen LogP) is 4.39. The van der Waals surface area contributed by atoms with Gasteiger partial charge in [-0.25, -0.2) is 9.97 Å². The van der Waals surface area contributed by atoms with Crippen molar-refractivity contribution in [3.05, 3.63) is 70.5 Å². The molecule has 0 unspecified atom stereocenters. The summed E-state index contributed by atoms with van der Waals surface area (Å²) in [5, 5.41) is 6.95. The van der Waals surface area contributed by atoms with Crippen molar-refractivity contribution in [2.24, 2.45) is 5.73 Å². The Balaban J connectivity index is 1.16. The van der Waals surface area contributed by atoms with Gasteiger partial charge in [-0.15, -0.1) is 0 Å². The summed E-state index contributed by atoms with van der Waals surface area (Å²) in [5.41, 5.74) is 9.38. The van der Waals surface area contributed by atoms with Crippen molar-refractivity contribution in [2.45, 2.75) is 50.6 Å². The van der Waals surface area contributed by atoms with Gasteiger partial charge in [-0.3, -0.25) is 9.59 Å². The number of nitrogens with two attached hydrogens (primary N) is 1. The number of halogens is 1. The van der Waals surface area contributed by atoms with Crippen LogP contribution in [0.1, 0.15) is 64.9 Å². The summed E-state index contributed by atoms with van der Waals surface area (Å²) in [6.07, 6.45) is 5.64. The van der Waals surface area contributed by atoms with E-state index in [9.17, 15) is 9.59 Å². The van der Waals surface area contributed by atoms with Crippen molar-refractivity contribution < 1.29 is 9.59 Å². The molecule has 3 heterocycles. The molecule has 0 spiro atoms. The monoisotopic (exact) mass is 602 g/mol. The number of rotatable bonds is 8. The first-order chi connectivity index (χ1) is 20.8. The van der Waals surface area contributed by atoms with Gasteiger partial charge >= 0.3 is 0 Å². The van der Waals surface area contributed by atoms with Gasteiger partial charge in [0.15, 0.2) is 11.5 Å². The standard InChI is InChI=1S/C32H39ClN8O2/c1-20-27(37-32(43)25-12-7-22(18-26(25)33)21-5-6-21)4-3-13-41(20)28-19-35-29(30(34)42)31(38-28)36-23-8-10-24(11-9-23)40-16-14-39(2)15-17-40/h7-12,18-21,27H,3-6,13-17H2,1-2H3,(H2,34,42)(H,36,38)(H,37,43)/t20-,27-/m1/s1. The molecule has 11 heteroatoms. The van der Waals surface area contributed by atoms with E-state index >= 15 is 0 Å². The molecular weight excluding hydrogens is 564 g/mol. The first-order valence-corrected chi connectivity index (χ1v) is 15.5. The highest BCUT2D eigenvalue weighted by molar-refractivity contribution is 6.33. The minimum absolute atomic E-state index is 0.0633. The van der Waals surface area contributed by atoms with Gasteiger partial charge in [0.2, 0.25) is 0 Å². The summed E-state index contributed by atoms with van der Waals surface area (Å²) in [5.74, 6) is 0.656. The SMILES string of the molecule is C[C@@H]1[C@H](NC(=O)c2ccc(C3CC3)cc2Cl)CCCN1c1cnc(C(N)=O)c(Nc2ccc(N3CCN(C)CC3)cc2)n1. The van der Waals surface area contributed by atoms with Crippen LogP contribution in [0, 0.1) is 0 Å². The zero-order valence-corrected chi connectivity index (χ0v) is 25.5. The third-order valence-electron chi connectivity index (χ3n) is 8.88. The van der Waals surface area contributed by atoms with Crippen LogP contribution < -0.4 is 26.2 Å². The number of hydrogen-bond acceptors (Lipinski definition) is 8. The number of amides is 2. The van der Waals surface area contributed by atoms with Crippen LogP contribution in [0.3, 0.4) is 0 Å². The number of nitrogens with zero attached hydrogens (tertiary/aromatic N) is 5. The van der Waals surface area contributed by atoms with Crippen molar-refractivity contribution in [3.8, 4) is 0 Å². The number of aromatic nitrogens is 2. The van der Waals surface area contributed by atoms with Crippen LogP contribution in [0.25, 0.3) is 0 Å². The van der Waals surface area contributed by atoms with Gasteiger partial charge < -0.3 is 31.1 Å². The van der Waals surface area contributed by atoms with Crippen LogP contribution in [0.5, 0.6) is 0 Å². The van der Waals surface area contributed by atoms with Gasteiger partial charge in [-0.2, -0.15) is 0 Å². The fourth-order valence-electron chi connectivity index (χ4n) is 6.03. The number of nitrogens with one attached hydrogen (secondary N) is 2. The van der Waals surface area contributed by atoms with E-state index in [2.05, 4.69) is 56.4 Å². The number of carbonyl (C=O) groups excluding carboxylic acids is 2. The van der Waals surface area contributed by atoms with E-state index in [4.69, 9.17) is 22.3 Å². The van der Waals surface area contributed by atoms with E-state index in [1.165, 1.54) is 18.4 Å². The van der Waals surface area contributed by atoms with E-state index in [-0.39, 0.29) is 23.7 Å². The number of likely N-dealkylation sites (N-methyl/N-ethyl adjacent to an activating group) is 1. The summed E-state index contributed by atoms with van der Waals surface area (Å²) in [7, 11) is 2.14. The van der Waals surface area contributed by atoms with Crippen LogP contribution in [-0.2, 0) is 0 Å². The quantitative estimate of drug-likeness (QED) is 0.347. The molecule has 1 aromatic heterocycles. The lowest BCUT2D eigenvalue weighted by Crippen LogP contribution is -2.54. The lowest BCUT2D eigenvalue weighted by Gasteiger charge is -2.40. The second-order valence-corrected chi connectivity index (χ2v) is 12.3. The van der Waals surface area contributed by atoms with E-state index in [1.54, 1.807) is 6.20 Å². The largest absolute Gasteiger partial charge is 0.369 e. The lowest BCUT2D eigenvalue weighted by molar-refractivity contribution is 0.0923. The second-order valence-electron chi connectivity index (χ2n) is 11.9. The fourth-order valence-corrected chi connectivity index (χ4v) is 6.31. The predicted molar refractivity (Wildman–Crippen MR) is 171 cm³/mol. The first kappa shape index (κ1) is 29.2. The molecule has 3 fully saturated rings. The highest BCUT2D eigenvalue weighted by Crippen LogP contribution is 2.41. The molecule has 2 amide bonds. The van der Waals surface area contributed by atoms with Crippen LogP contribution in [0.2, 0.25) is 5.02 Å². The van der Waals surface area contributed by atoms with Crippen LogP contribution >= 0.6 is 11.6 Å². The van der Waals surface area contributed by atoms with Gasteiger partial charge in [-0.05, 0) is 87.5 Å². The minimum Gasteiger partial charge on any atom is -0.369 e. The number of primary amides is 1. The fraction of sp³-hybridized carbons (Fsp3) is 0.438. The topological polar surface area (TPSA) is 120 Å². The number of hydrogen-bond donors (Lipinski definition) is 3. The first-order valence-electron chi connectivity index (χ1n) is 15.1. The number of piperidine rings is 1. The Morgan fingerprint density at radius 1 is 1.00 bits per heavy atom. The van der Waals surface area contributed by atoms with Crippen molar-refractivity contribution >= 4 is 46.4 Å². The number of piperazine rings is 1. The number of benzene rings is 2. The average Bonchev–Trinajstić information content (AvgIpc) is 3.85. The van der Waals surface area contributed by atoms with E-state index < -0.39 is 5.91 Å². The van der Waals surface area contributed by atoms with E-state index in [0.717, 1.165) is 56.9 Å². The van der Waals surface area contributed by atoms with Gasteiger partial charge in [-0.1, -0.05) is 17.7 Å². The highest BCUT2D eigenvalue weighted by atomic mass is 35.5. The molecule has 226 valence electrons. The molecule has 2 saturated heterocycles. The summed E-state index contributed by atoms with van der Waals surface area (Å²) in [6, 6.07) is 13.7. The smallest absolute Gasteiger partial charge is 0.271 e. The Morgan fingerprint density at radius 3 is 2.42 bits per heavy atom. The Kier molecular flexibility index (Phi) is 8.41. The maximum atomic E-state index is 13.2. The molecule has 2 aliphatic heterocycles. The van der Waals surface area contributed by atoms with Crippen LogP contribution in [-0.4, -0.2) is 78.5 Å². The molecule has 4 N–H and O–H groups in total. The van der Waals surface area contributed by atoms with E-state index in [0.29, 0.717) is 28.1 Å². The molecule has 3 aromatic rings. The molecule has 3 aliphatic rings. The second kappa shape index (κ2) is 12.4. The third-order valence-corrected chi connectivity index (χ3v) is 9.19. The van der Waals surface area contributed by atoms with Gasteiger partial charge in [0, 0.05) is 56.2 Å². The molecular formula is C32H39ClN8O2. The molecule has 1 saturated carbocycles. The molecule has 10 nitrogen and oxygen atoms in total. The molecule has 2 aromatic carbocycles. The van der Waals surface area contributed by atoms with Gasteiger partial charge in [0.25, 0.3) is 11.8 Å². The molecule has 2 atom stereocenters. The highest BCUT2D eigenvalue weighted by Gasteiger charge is 2.32. The van der Waals surface area contributed by atoms with Crippen molar-refractivity contribution in [2.75, 3.05) is 54.9 Å². The molecule has 1 aliphatic carbocycles. The summed E-state index contributed by atoms with van der Waals surface area (Å²) in [4.78, 5) is 41.5. The molecule has 6 rings (SSSR count). The molecule has 43 heavy (non-hydrogen) atoms. The maximum absolute atomic E-state index is 13.2. The minimum atomic E-state index is -0.656. The van der Waals surface area contributed by atoms with Crippen molar-refractivity contribution in [3.63, 3.8) is 0 Å². The third kappa shape index (κ3) is 6.55.